The smallest absolute Gasteiger partial charge is 0.317 e. The largest absolute Gasteiger partial charge is 0.467 e. The van der Waals surface area contributed by atoms with Crippen molar-refractivity contribution in [3.05, 3.63) is 28.2 Å². The summed E-state index contributed by atoms with van der Waals surface area (Å²) in [5.41, 5.74) is -0.0242. The Balaban J connectivity index is 2.10. The molecule has 7 heteroatoms. The summed E-state index contributed by atoms with van der Waals surface area (Å²) >= 11 is 8.68. The minimum absolute atomic E-state index is 0.274. The maximum atomic E-state index is 12.4. The van der Waals surface area contributed by atoms with Crippen molar-refractivity contribution in [1.82, 2.24) is 10.6 Å². The molecule has 2 aliphatic heterocycles. The number of rotatable bonds is 2. The highest BCUT2D eigenvalue weighted by molar-refractivity contribution is 9.10. The second-order valence-corrected chi connectivity index (χ2v) is 6.52. The predicted octanol–water partition coefficient (Wildman–Crippen LogP) is 2.26. The molecule has 1 aromatic carbocycles. The van der Waals surface area contributed by atoms with E-state index in [2.05, 4.69) is 26.6 Å². The highest BCUT2D eigenvalue weighted by atomic mass is 79.9. The molecule has 3 atom stereocenters. The lowest BCUT2D eigenvalue weighted by Gasteiger charge is -2.50. The molecule has 2 heterocycles. The number of benzene rings is 1. The zero-order valence-electron chi connectivity index (χ0n) is 11.6. The summed E-state index contributed by atoms with van der Waals surface area (Å²) in [5, 5.41) is 6.69. The zero-order chi connectivity index (χ0) is 15.2. The molecular formula is C14H15BrN2O3S. The van der Waals surface area contributed by atoms with Gasteiger partial charge in [-0.25, -0.2) is 0 Å². The molecule has 0 unspecified atom stereocenters. The number of thiocarbonyl (C=S) groups is 1. The maximum Gasteiger partial charge on any atom is 0.317 e. The van der Waals surface area contributed by atoms with E-state index in [1.807, 2.05) is 25.1 Å². The van der Waals surface area contributed by atoms with Gasteiger partial charge in [-0.1, -0.05) is 15.9 Å². The van der Waals surface area contributed by atoms with Gasteiger partial charge in [0.25, 0.3) is 0 Å². The molecule has 2 bridgehead atoms. The second-order valence-electron chi connectivity index (χ2n) is 5.20. The van der Waals surface area contributed by atoms with Crippen LogP contribution in [0.15, 0.2) is 22.7 Å². The molecule has 21 heavy (non-hydrogen) atoms. The lowest BCUT2D eigenvalue weighted by Crippen LogP contribution is -2.70. The van der Waals surface area contributed by atoms with Crippen LogP contribution < -0.4 is 15.4 Å². The lowest BCUT2D eigenvalue weighted by molar-refractivity contribution is -0.162. The van der Waals surface area contributed by atoms with Gasteiger partial charge < -0.3 is 20.1 Å². The first-order valence-corrected chi connectivity index (χ1v) is 7.88. The molecule has 112 valence electrons. The van der Waals surface area contributed by atoms with Crippen LogP contribution in [0.5, 0.6) is 5.75 Å². The molecule has 0 radical (unpaired) electrons. The monoisotopic (exact) mass is 370 g/mol. The lowest BCUT2D eigenvalue weighted by atomic mass is 9.80. The van der Waals surface area contributed by atoms with Crippen molar-refractivity contribution >= 4 is 39.2 Å². The number of hydrogen-bond acceptors (Lipinski definition) is 4. The molecule has 0 saturated carbocycles. The van der Waals surface area contributed by atoms with Crippen molar-refractivity contribution in [3.63, 3.8) is 0 Å². The van der Waals surface area contributed by atoms with Crippen LogP contribution in [0.3, 0.4) is 0 Å². The number of nitrogens with one attached hydrogen (secondary N) is 2. The van der Waals surface area contributed by atoms with E-state index in [4.69, 9.17) is 21.7 Å². The highest BCUT2D eigenvalue weighted by Gasteiger charge is 2.55. The molecular weight excluding hydrogens is 356 g/mol. The Morgan fingerprint density at radius 1 is 1.57 bits per heavy atom. The van der Waals surface area contributed by atoms with Crippen LogP contribution in [0.4, 0.5) is 0 Å². The van der Waals surface area contributed by atoms with Crippen molar-refractivity contribution in [1.29, 1.82) is 0 Å². The number of ether oxygens (including phenoxy) is 2. The van der Waals surface area contributed by atoms with Crippen LogP contribution in [0, 0.1) is 5.92 Å². The van der Waals surface area contributed by atoms with E-state index in [0.29, 0.717) is 11.7 Å². The fourth-order valence-corrected chi connectivity index (χ4v) is 3.61. The van der Waals surface area contributed by atoms with Gasteiger partial charge in [0.05, 0.1) is 12.6 Å². The minimum atomic E-state index is -0.917. The molecule has 0 aliphatic carbocycles. The van der Waals surface area contributed by atoms with Gasteiger partial charge in [0.1, 0.15) is 11.7 Å². The number of esters is 1. The van der Waals surface area contributed by atoms with E-state index in [0.717, 1.165) is 15.8 Å². The third-order valence-electron chi connectivity index (χ3n) is 3.74. The van der Waals surface area contributed by atoms with Gasteiger partial charge in [-0.15, -0.1) is 0 Å². The first-order chi connectivity index (χ1) is 9.94. The van der Waals surface area contributed by atoms with E-state index in [1.54, 1.807) is 6.92 Å². The van der Waals surface area contributed by atoms with Crippen LogP contribution in [-0.2, 0) is 9.53 Å². The van der Waals surface area contributed by atoms with Gasteiger partial charge in [-0.05, 0) is 44.3 Å². The Hall–Kier alpha value is -1.34. The van der Waals surface area contributed by atoms with E-state index < -0.39 is 11.6 Å². The van der Waals surface area contributed by atoms with Crippen LogP contribution in [0.2, 0.25) is 0 Å². The van der Waals surface area contributed by atoms with Gasteiger partial charge in [-0.2, -0.15) is 0 Å². The molecule has 5 nitrogen and oxygen atoms in total. The first-order valence-electron chi connectivity index (χ1n) is 6.68. The quantitative estimate of drug-likeness (QED) is 0.615. The SMILES string of the molecule is CCOC(=O)[C@@H]1[C@@H]2NC(=S)N[C@]1(C)Oc1ccc(Br)cc12. The van der Waals surface area contributed by atoms with Gasteiger partial charge in [0.15, 0.2) is 10.8 Å². The molecule has 1 saturated heterocycles. The standard InChI is InChI=1S/C14H15BrN2O3S/c1-3-19-12(18)10-11-8-6-7(15)4-5-9(8)20-14(10,2)17-13(21)16-11/h4-6,10-11H,3H2,1-2H3,(H2,16,17,21)/t10-,11+,14+/m0/s1. The van der Waals surface area contributed by atoms with E-state index in [1.165, 1.54) is 0 Å². The fourth-order valence-electron chi connectivity index (χ4n) is 2.90. The molecule has 0 spiro atoms. The summed E-state index contributed by atoms with van der Waals surface area (Å²) in [5.74, 6) is -0.0992. The number of fused-ring (bicyclic) bond motifs is 4. The highest BCUT2D eigenvalue weighted by Crippen LogP contribution is 2.45. The normalized spacial score (nSPS) is 29.6. The zero-order valence-corrected chi connectivity index (χ0v) is 14.0. The third kappa shape index (κ3) is 2.38. The Morgan fingerprint density at radius 2 is 2.33 bits per heavy atom. The van der Waals surface area contributed by atoms with E-state index in [9.17, 15) is 4.79 Å². The molecule has 3 rings (SSSR count). The first kappa shape index (κ1) is 14.6. The Morgan fingerprint density at radius 3 is 3.05 bits per heavy atom. The van der Waals surface area contributed by atoms with Crippen molar-refractivity contribution in [2.45, 2.75) is 25.6 Å². The number of hydrogen-bond donors (Lipinski definition) is 2. The van der Waals surface area contributed by atoms with Gasteiger partial charge in [0, 0.05) is 10.0 Å². The van der Waals surface area contributed by atoms with E-state index in [-0.39, 0.29) is 12.0 Å². The van der Waals surface area contributed by atoms with Crippen LogP contribution in [0.1, 0.15) is 25.5 Å². The predicted molar refractivity (Wildman–Crippen MR) is 84.9 cm³/mol. The maximum absolute atomic E-state index is 12.4. The molecule has 0 aromatic heterocycles. The summed E-state index contributed by atoms with van der Waals surface area (Å²) in [6.07, 6.45) is 0. The average Bonchev–Trinajstić information content (AvgIpc) is 2.38. The topological polar surface area (TPSA) is 59.6 Å². The van der Waals surface area contributed by atoms with Crippen molar-refractivity contribution in [3.8, 4) is 5.75 Å². The van der Waals surface area contributed by atoms with Crippen molar-refractivity contribution in [2.24, 2.45) is 5.92 Å². The van der Waals surface area contributed by atoms with Crippen molar-refractivity contribution < 1.29 is 14.3 Å². The molecule has 2 aliphatic rings. The Kier molecular flexibility index (Phi) is 3.57. The van der Waals surface area contributed by atoms with Gasteiger partial charge in [-0.3, -0.25) is 4.79 Å². The molecule has 0 amide bonds. The van der Waals surface area contributed by atoms with Crippen LogP contribution in [0.25, 0.3) is 0 Å². The molecule has 2 N–H and O–H groups in total. The third-order valence-corrected chi connectivity index (χ3v) is 4.46. The van der Waals surface area contributed by atoms with E-state index >= 15 is 0 Å². The number of halogens is 1. The number of carbonyl (C=O) groups excluding carboxylic acids is 1. The van der Waals surface area contributed by atoms with Crippen LogP contribution >= 0.6 is 28.1 Å². The van der Waals surface area contributed by atoms with Crippen LogP contribution in [-0.4, -0.2) is 23.4 Å². The summed E-state index contributed by atoms with van der Waals surface area (Å²) in [6.45, 7) is 3.93. The Labute approximate surface area is 136 Å². The van der Waals surface area contributed by atoms with Crippen molar-refractivity contribution in [2.75, 3.05) is 6.61 Å². The summed E-state index contributed by atoms with van der Waals surface area (Å²) in [4.78, 5) is 12.4. The summed E-state index contributed by atoms with van der Waals surface area (Å²) in [6, 6.07) is 5.45. The minimum Gasteiger partial charge on any atom is -0.467 e. The fraction of sp³-hybridized carbons (Fsp3) is 0.429. The second kappa shape index (κ2) is 5.14. The Bertz CT molecular complexity index is 624. The van der Waals surface area contributed by atoms with Gasteiger partial charge >= 0.3 is 5.97 Å². The molecule has 1 fully saturated rings. The number of carbonyl (C=O) groups is 1. The molecule has 1 aromatic rings. The van der Waals surface area contributed by atoms with Gasteiger partial charge in [0.2, 0.25) is 0 Å². The summed E-state index contributed by atoms with van der Waals surface area (Å²) in [7, 11) is 0. The average molecular weight is 371 g/mol. The summed E-state index contributed by atoms with van der Waals surface area (Å²) < 4.78 is 12.2.